The summed E-state index contributed by atoms with van der Waals surface area (Å²) in [6.45, 7) is 5.05. The van der Waals surface area contributed by atoms with Gasteiger partial charge in [-0.3, -0.25) is 0 Å². The summed E-state index contributed by atoms with van der Waals surface area (Å²) in [5, 5.41) is 4.65. The van der Waals surface area contributed by atoms with Crippen LogP contribution in [0.5, 0.6) is 5.75 Å². The summed E-state index contributed by atoms with van der Waals surface area (Å²) in [4.78, 5) is 8.84. The minimum Gasteiger partial charge on any atom is -0.494 e. The monoisotopic (exact) mass is 363 g/mol. The molecule has 5 heteroatoms. The molecular weight excluding hydrogens is 338 g/mol. The third-order valence-electron chi connectivity index (χ3n) is 5.36. The van der Waals surface area contributed by atoms with E-state index >= 15 is 0 Å². The quantitative estimate of drug-likeness (QED) is 0.712. The molecule has 1 N–H and O–H groups in total. The van der Waals surface area contributed by atoms with Gasteiger partial charge in [-0.15, -0.1) is 0 Å². The normalized spacial score (nSPS) is 16.2. The highest BCUT2D eigenvalue weighted by Gasteiger charge is 2.34. The SMILES string of the molecule is CCOc1ccc(C2(CNc3ncnc4ccccc34)CCOCC2)cc1. The lowest BCUT2D eigenvalue weighted by Gasteiger charge is -2.38. The number of ether oxygens (including phenoxy) is 2. The highest BCUT2D eigenvalue weighted by Crippen LogP contribution is 2.36. The van der Waals surface area contributed by atoms with E-state index in [0.29, 0.717) is 6.61 Å². The van der Waals surface area contributed by atoms with Crippen molar-refractivity contribution < 1.29 is 9.47 Å². The topological polar surface area (TPSA) is 56.3 Å². The molecule has 1 aliphatic rings. The molecule has 4 rings (SSSR count). The van der Waals surface area contributed by atoms with Crippen LogP contribution in [0.2, 0.25) is 0 Å². The van der Waals surface area contributed by atoms with E-state index in [-0.39, 0.29) is 5.41 Å². The lowest BCUT2D eigenvalue weighted by molar-refractivity contribution is 0.0543. The minimum atomic E-state index is 0.0229. The first-order valence-electron chi connectivity index (χ1n) is 9.55. The van der Waals surface area contributed by atoms with Gasteiger partial charge < -0.3 is 14.8 Å². The summed E-state index contributed by atoms with van der Waals surface area (Å²) in [7, 11) is 0. The molecule has 5 nitrogen and oxygen atoms in total. The molecule has 140 valence electrons. The minimum absolute atomic E-state index is 0.0229. The molecule has 0 unspecified atom stereocenters. The van der Waals surface area contributed by atoms with Crippen LogP contribution < -0.4 is 10.1 Å². The molecular formula is C22H25N3O2. The number of hydrogen-bond donors (Lipinski definition) is 1. The van der Waals surface area contributed by atoms with E-state index in [2.05, 4.69) is 45.6 Å². The molecule has 3 aromatic rings. The molecule has 0 amide bonds. The number of nitrogens with one attached hydrogen (secondary N) is 1. The maximum Gasteiger partial charge on any atom is 0.137 e. The summed E-state index contributed by atoms with van der Waals surface area (Å²) in [5.74, 6) is 1.80. The molecule has 1 saturated heterocycles. The molecule has 0 bridgehead atoms. The first-order valence-corrected chi connectivity index (χ1v) is 9.55. The van der Waals surface area contributed by atoms with Crippen LogP contribution in [0.3, 0.4) is 0 Å². The van der Waals surface area contributed by atoms with Crippen molar-refractivity contribution in [3.63, 3.8) is 0 Å². The van der Waals surface area contributed by atoms with Gasteiger partial charge in [-0.1, -0.05) is 24.3 Å². The van der Waals surface area contributed by atoms with Crippen molar-refractivity contribution in [2.24, 2.45) is 0 Å². The third-order valence-corrected chi connectivity index (χ3v) is 5.36. The van der Waals surface area contributed by atoms with Gasteiger partial charge in [0.05, 0.1) is 12.1 Å². The van der Waals surface area contributed by atoms with Crippen molar-refractivity contribution in [3.05, 3.63) is 60.4 Å². The first kappa shape index (κ1) is 17.7. The van der Waals surface area contributed by atoms with Crippen LogP contribution in [0.15, 0.2) is 54.9 Å². The fourth-order valence-corrected chi connectivity index (χ4v) is 3.80. The third kappa shape index (κ3) is 3.74. The molecule has 1 aromatic heterocycles. The van der Waals surface area contributed by atoms with Gasteiger partial charge in [0, 0.05) is 30.6 Å². The number of fused-ring (bicyclic) bond motifs is 1. The van der Waals surface area contributed by atoms with Gasteiger partial charge in [-0.05, 0) is 49.6 Å². The number of para-hydroxylation sites is 1. The van der Waals surface area contributed by atoms with Crippen molar-refractivity contribution in [3.8, 4) is 5.75 Å². The van der Waals surface area contributed by atoms with Crippen LogP contribution in [0.25, 0.3) is 10.9 Å². The summed E-state index contributed by atoms with van der Waals surface area (Å²) in [6.07, 6.45) is 3.59. The number of rotatable bonds is 6. The average molecular weight is 363 g/mol. The Balaban J connectivity index is 1.60. The Labute approximate surface area is 159 Å². The van der Waals surface area contributed by atoms with Crippen LogP contribution >= 0.6 is 0 Å². The predicted octanol–water partition coefficient (Wildman–Crippen LogP) is 4.19. The standard InChI is InChI=1S/C22H25N3O2/c1-2-27-18-9-7-17(8-10-18)22(11-13-26-14-12-22)15-23-21-19-5-3-4-6-20(19)24-16-25-21/h3-10,16H,2,11-15H2,1H3,(H,23,24,25). The van der Waals surface area contributed by atoms with Crippen molar-refractivity contribution in [2.75, 3.05) is 31.7 Å². The fourth-order valence-electron chi connectivity index (χ4n) is 3.80. The lowest BCUT2D eigenvalue weighted by Crippen LogP contribution is -2.40. The van der Waals surface area contributed by atoms with E-state index in [4.69, 9.17) is 9.47 Å². The Morgan fingerprint density at radius 2 is 1.81 bits per heavy atom. The van der Waals surface area contributed by atoms with Gasteiger partial charge in [-0.2, -0.15) is 0 Å². The maximum absolute atomic E-state index is 5.65. The molecule has 0 spiro atoms. The first-order chi connectivity index (χ1) is 13.3. The Bertz CT molecular complexity index is 884. The number of benzene rings is 2. The molecule has 2 aromatic carbocycles. The molecule has 27 heavy (non-hydrogen) atoms. The predicted molar refractivity (Wildman–Crippen MR) is 107 cm³/mol. The van der Waals surface area contributed by atoms with Crippen LogP contribution in [0.1, 0.15) is 25.3 Å². The zero-order valence-corrected chi connectivity index (χ0v) is 15.6. The van der Waals surface area contributed by atoms with E-state index in [0.717, 1.165) is 55.1 Å². The second-order valence-corrected chi connectivity index (χ2v) is 6.94. The molecule has 2 heterocycles. The highest BCUT2D eigenvalue weighted by molar-refractivity contribution is 5.88. The highest BCUT2D eigenvalue weighted by atomic mass is 16.5. The van der Waals surface area contributed by atoms with E-state index < -0.39 is 0 Å². The zero-order chi connectivity index (χ0) is 18.5. The zero-order valence-electron chi connectivity index (χ0n) is 15.6. The fraction of sp³-hybridized carbons (Fsp3) is 0.364. The van der Waals surface area contributed by atoms with Crippen molar-refractivity contribution in [2.45, 2.75) is 25.2 Å². The van der Waals surface area contributed by atoms with Crippen LogP contribution in [0, 0.1) is 0 Å². The summed E-state index contributed by atoms with van der Waals surface area (Å²) >= 11 is 0. The summed E-state index contributed by atoms with van der Waals surface area (Å²) < 4.78 is 11.3. The van der Waals surface area contributed by atoms with Gasteiger partial charge in [0.15, 0.2) is 0 Å². The van der Waals surface area contributed by atoms with Crippen molar-refractivity contribution >= 4 is 16.7 Å². The lowest BCUT2D eigenvalue weighted by atomic mass is 9.74. The number of nitrogens with zero attached hydrogens (tertiary/aromatic N) is 2. The van der Waals surface area contributed by atoms with Crippen LogP contribution in [0.4, 0.5) is 5.82 Å². The molecule has 1 fully saturated rings. The Kier molecular flexibility index (Phi) is 5.21. The van der Waals surface area contributed by atoms with Gasteiger partial charge in [0.1, 0.15) is 17.9 Å². The van der Waals surface area contributed by atoms with Gasteiger partial charge >= 0.3 is 0 Å². The maximum atomic E-state index is 5.65. The van der Waals surface area contributed by atoms with Gasteiger partial charge in [0.2, 0.25) is 0 Å². The second kappa shape index (κ2) is 7.92. The smallest absolute Gasteiger partial charge is 0.137 e. The summed E-state index contributed by atoms with van der Waals surface area (Å²) in [6, 6.07) is 16.6. The molecule has 0 atom stereocenters. The average Bonchev–Trinajstić information content (AvgIpc) is 2.74. The van der Waals surface area contributed by atoms with E-state index in [1.807, 2.05) is 25.1 Å². The number of anilines is 1. The van der Waals surface area contributed by atoms with E-state index in [9.17, 15) is 0 Å². The second-order valence-electron chi connectivity index (χ2n) is 6.94. The number of hydrogen-bond acceptors (Lipinski definition) is 5. The van der Waals surface area contributed by atoms with E-state index in [1.54, 1.807) is 6.33 Å². The van der Waals surface area contributed by atoms with Crippen LogP contribution in [-0.4, -0.2) is 36.3 Å². The molecule has 1 aliphatic heterocycles. The van der Waals surface area contributed by atoms with Crippen LogP contribution in [-0.2, 0) is 10.2 Å². The largest absolute Gasteiger partial charge is 0.494 e. The van der Waals surface area contributed by atoms with Crippen molar-refractivity contribution in [1.82, 2.24) is 9.97 Å². The Morgan fingerprint density at radius 3 is 2.59 bits per heavy atom. The summed E-state index contributed by atoms with van der Waals surface area (Å²) in [5.41, 5.74) is 2.30. The van der Waals surface area contributed by atoms with Crippen molar-refractivity contribution in [1.29, 1.82) is 0 Å². The molecule has 0 saturated carbocycles. The Hall–Kier alpha value is -2.66. The Morgan fingerprint density at radius 1 is 1.04 bits per heavy atom. The molecule has 0 radical (unpaired) electrons. The van der Waals surface area contributed by atoms with E-state index in [1.165, 1.54) is 5.56 Å². The number of aromatic nitrogens is 2. The molecule has 0 aliphatic carbocycles. The van der Waals surface area contributed by atoms with Gasteiger partial charge in [0.25, 0.3) is 0 Å². The van der Waals surface area contributed by atoms with Gasteiger partial charge in [-0.25, -0.2) is 9.97 Å².